The Morgan fingerprint density at radius 1 is 1.32 bits per heavy atom. The molecule has 5 nitrogen and oxygen atoms in total. The number of hydrogen-bond donors (Lipinski definition) is 2. The molecule has 1 aliphatic heterocycles. The van der Waals surface area contributed by atoms with Gasteiger partial charge in [-0.3, -0.25) is 9.79 Å². The fraction of sp³-hybridized carbons (Fsp3) is 0.750. The van der Waals surface area contributed by atoms with E-state index in [1.54, 1.807) is 7.05 Å². The molecule has 1 amide bonds. The van der Waals surface area contributed by atoms with Crippen molar-refractivity contribution in [2.24, 2.45) is 4.99 Å². The van der Waals surface area contributed by atoms with Crippen LogP contribution < -0.4 is 10.6 Å². The molecule has 0 aromatic carbocycles. The molecule has 0 spiro atoms. The second-order valence-corrected chi connectivity index (χ2v) is 5.96. The molecular formula is C16H29IN4O. The molecule has 126 valence electrons. The number of carbonyl (C=O) groups excluding carboxylic acids is 1. The van der Waals surface area contributed by atoms with Gasteiger partial charge in [0.15, 0.2) is 5.96 Å². The van der Waals surface area contributed by atoms with Crippen LogP contribution >= 0.6 is 24.0 Å². The number of hydrogen-bond acceptors (Lipinski definition) is 2. The Morgan fingerprint density at radius 2 is 2.05 bits per heavy atom. The highest BCUT2D eigenvalue weighted by molar-refractivity contribution is 14.0. The normalized spacial score (nSPS) is 22.4. The monoisotopic (exact) mass is 420 g/mol. The number of nitrogens with zero attached hydrogens (tertiary/aromatic N) is 2. The molecule has 1 aliphatic carbocycles. The second kappa shape index (κ2) is 10.1. The van der Waals surface area contributed by atoms with Crippen LogP contribution in [0.25, 0.3) is 0 Å². The summed E-state index contributed by atoms with van der Waals surface area (Å²) in [7, 11) is 1.77. The summed E-state index contributed by atoms with van der Waals surface area (Å²) in [5.74, 6) is 1.05. The minimum absolute atomic E-state index is 0. The smallest absolute Gasteiger partial charge is 0.224 e. The van der Waals surface area contributed by atoms with Crippen LogP contribution in [0, 0.1) is 0 Å². The third-order valence-corrected chi connectivity index (χ3v) is 4.33. The van der Waals surface area contributed by atoms with E-state index in [0.29, 0.717) is 25.0 Å². The Labute approximate surface area is 151 Å². The lowest BCUT2D eigenvalue weighted by Crippen LogP contribution is -2.45. The zero-order valence-corrected chi connectivity index (χ0v) is 16.0. The lowest BCUT2D eigenvalue weighted by molar-refractivity contribution is -0.134. The molecule has 0 aromatic rings. The quantitative estimate of drug-likeness (QED) is 0.318. The first kappa shape index (κ1) is 19.3. The van der Waals surface area contributed by atoms with Gasteiger partial charge in [-0.15, -0.1) is 24.0 Å². The summed E-state index contributed by atoms with van der Waals surface area (Å²) in [5.41, 5.74) is 0. The average Bonchev–Trinajstić information content (AvgIpc) is 2.99. The van der Waals surface area contributed by atoms with Gasteiger partial charge < -0.3 is 15.5 Å². The molecule has 1 fully saturated rings. The van der Waals surface area contributed by atoms with Gasteiger partial charge in [0, 0.05) is 38.6 Å². The molecule has 0 bridgehead atoms. The highest BCUT2D eigenvalue weighted by Crippen LogP contribution is 2.17. The van der Waals surface area contributed by atoms with Gasteiger partial charge in [0.2, 0.25) is 5.91 Å². The zero-order valence-electron chi connectivity index (χ0n) is 13.7. The minimum Gasteiger partial charge on any atom is -0.356 e. The van der Waals surface area contributed by atoms with E-state index in [2.05, 4.69) is 34.7 Å². The lowest BCUT2D eigenvalue weighted by atomic mass is 10.0. The Bertz CT molecular complexity index is 403. The Balaban J connectivity index is 0.00000242. The van der Waals surface area contributed by atoms with Crippen molar-refractivity contribution in [1.82, 2.24) is 15.5 Å². The summed E-state index contributed by atoms with van der Waals surface area (Å²) >= 11 is 0. The fourth-order valence-corrected chi connectivity index (χ4v) is 3.02. The Kier molecular flexibility index (Phi) is 8.82. The first-order valence-corrected chi connectivity index (χ1v) is 8.12. The van der Waals surface area contributed by atoms with Gasteiger partial charge in [0.05, 0.1) is 0 Å². The van der Waals surface area contributed by atoms with E-state index in [0.717, 1.165) is 38.2 Å². The first-order valence-electron chi connectivity index (χ1n) is 8.12. The van der Waals surface area contributed by atoms with Crippen molar-refractivity contribution in [3.63, 3.8) is 0 Å². The van der Waals surface area contributed by atoms with Crippen LogP contribution in [-0.2, 0) is 4.79 Å². The average molecular weight is 420 g/mol. The van der Waals surface area contributed by atoms with Crippen molar-refractivity contribution in [3.05, 3.63) is 12.2 Å². The summed E-state index contributed by atoms with van der Waals surface area (Å²) in [6, 6.07) is 0.835. The Hall–Kier alpha value is -0.790. The van der Waals surface area contributed by atoms with Crippen LogP contribution in [0.5, 0.6) is 0 Å². The zero-order chi connectivity index (χ0) is 15.1. The van der Waals surface area contributed by atoms with Crippen molar-refractivity contribution < 1.29 is 4.79 Å². The molecule has 1 unspecified atom stereocenters. The summed E-state index contributed by atoms with van der Waals surface area (Å²) < 4.78 is 0. The summed E-state index contributed by atoms with van der Waals surface area (Å²) in [4.78, 5) is 18.5. The van der Waals surface area contributed by atoms with Crippen molar-refractivity contribution in [3.8, 4) is 0 Å². The van der Waals surface area contributed by atoms with Crippen LogP contribution in [0.4, 0.5) is 0 Å². The van der Waals surface area contributed by atoms with Crippen LogP contribution in [0.2, 0.25) is 0 Å². The predicted molar refractivity (Wildman–Crippen MR) is 102 cm³/mol. The highest BCUT2D eigenvalue weighted by Gasteiger charge is 2.22. The van der Waals surface area contributed by atoms with Gasteiger partial charge in [-0.2, -0.15) is 0 Å². The van der Waals surface area contributed by atoms with Gasteiger partial charge in [-0.1, -0.05) is 12.2 Å². The maximum Gasteiger partial charge on any atom is 0.224 e. The van der Waals surface area contributed by atoms with Crippen molar-refractivity contribution in [2.75, 3.05) is 20.1 Å². The molecular weight excluding hydrogens is 391 g/mol. The van der Waals surface area contributed by atoms with Crippen molar-refractivity contribution >= 4 is 35.8 Å². The molecule has 1 atom stereocenters. The summed E-state index contributed by atoms with van der Waals surface area (Å²) in [6.45, 7) is 3.71. The van der Waals surface area contributed by atoms with Gasteiger partial charge in [-0.25, -0.2) is 0 Å². The molecule has 0 radical (unpaired) electrons. The molecule has 0 aromatic heterocycles. The maximum absolute atomic E-state index is 12.2. The molecule has 6 heteroatoms. The molecule has 1 heterocycles. The maximum atomic E-state index is 12.2. The van der Waals surface area contributed by atoms with Crippen molar-refractivity contribution in [1.29, 1.82) is 0 Å². The molecule has 22 heavy (non-hydrogen) atoms. The topological polar surface area (TPSA) is 56.7 Å². The SMILES string of the molecule is CN=C(NCCC(=O)N1CCCCC1C)NC1CC=CC1.I. The van der Waals surface area contributed by atoms with Gasteiger partial charge in [0.1, 0.15) is 0 Å². The first-order chi connectivity index (χ1) is 10.2. The Morgan fingerprint density at radius 3 is 2.68 bits per heavy atom. The number of halogens is 1. The number of carbonyl (C=O) groups is 1. The number of aliphatic imine (C=N–C) groups is 1. The van der Waals surface area contributed by atoms with E-state index in [4.69, 9.17) is 0 Å². The molecule has 2 aliphatic rings. The van der Waals surface area contributed by atoms with Gasteiger partial charge in [0.25, 0.3) is 0 Å². The standard InChI is InChI=1S/C16H28N4O.HI/c1-13-7-5-6-12-20(13)15(21)10-11-18-16(17-2)19-14-8-3-4-9-14;/h3-4,13-14H,5-12H2,1-2H3,(H2,17,18,19);1H. The van der Waals surface area contributed by atoms with E-state index in [-0.39, 0.29) is 29.9 Å². The van der Waals surface area contributed by atoms with E-state index in [1.165, 1.54) is 6.42 Å². The van der Waals surface area contributed by atoms with Gasteiger partial charge >= 0.3 is 0 Å². The number of likely N-dealkylation sites (tertiary alicyclic amines) is 1. The van der Waals surface area contributed by atoms with Gasteiger partial charge in [-0.05, 0) is 39.0 Å². The van der Waals surface area contributed by atoms with Crippen LogP contribution in [0.3, 0.4) is 0 Å². The van der Waals surface area contributed by atoms with E-state index < -0.39 is 0 Å². The van der Waals surface area contributed by atoms with Crippen LogP contribution in [0.15, 0.2) is 17.1 Å². The van der Waals surface area contributed by atoms with Crippen molar-refractivity contribution in [2.45, 2.75) is 57.5 Å². The predicted octanol–water partition coefficient (Wildman–Crippen LogP) is 2.28. The lowest BCUT2D eigenvalue weighted by Gasteiger charge is -2.33. The van der Waals surface area contributed by atoms with Crippen LogP contribution in [0.1, 0.15) is 45.4 Å². The highest BCUT2D eigenvalue weighted by atomic mass is 127. The van der Waals surface area contributed by atoms with E-state index in [1.807, 2.05) is 4.90 Å². The summed E-state index contributed by atoms with van der Waals surface area (Å²) in [5, 5.41) is 6.62. The fourth-order valence-electron chi connectivity index (χ4n) is 3.02. The second-order valence-electron chi connectivity index (χ2n) is 5.96. The number of piperidine rings is 1. The molecule has 0 saturated carbocycles. The van der Waals surface area contributed by atoms with E-state index in [9.17, 15) is 4.79 Å². The number of amides is 1. The molecule has 2 N–H and O–H groups in total. The third kappa shape index (κ3) is 5.78. The molecule has 1 saturated heterocycles. The molecule has 2 rings (SSSR count). The number of nitrogens with one attached hydrogen (secondary N) is 2. The minimum atomic E-state index is 0. The van der Waals surface area contributed by atoms with E-state index >= 15 is 0 Å². The number of guanidine groups is 1. The third-order valence-electron chi connectivity index (χ3n) is 4.33. The van der Waals surface area contributed by atoms with Crippen LogP contribution in [-0.4, -0.2) is 49.0 Å². The summed E-state index contributed by atoms with van der Waals surface area (Å²) in [6.07, 6.45) is 10.5. The largest absolute Gasteiger partial charge is 0.356 e. The number of rotatable bonds is 4.